The predicted octanol–water partition coefficient (Wildman–Crippen LogP) is 16.3. The van der Waals surface area contributed by atoms with Crippen LogP contribution in [0.25, 0.3) is 0 Å². The molecule has 8 unspecified atom stereocenters. The Balaban J connectivity index is 2.60. The number of rotatable bonds is 56. The zero-order chi connectivity index (χ0) is 58.2. The second-order valence-electron chi connectivity index (χ2n) is 22.8. The first-order valence-corrected chi connectivity index (χ1v) is 33.2. The number of nitrogens with one attached hydrogen (secondary N) is 1. The normalized spacial score (nSPS) is 19.2. The van der Waals surface area contributed by atoms with Gasteiger partial charge in [0, 0.05) is 6.42 Å². The van der Waals surface area contributed by atoms with Gasteiger partial charge < -0.3 is 45.1 Å². The van der Waals surface area contributed by atoms with Crippen LogP contribution in [0.2, 0.25) is 0 Å². The molecule has 1 aliphatic rings. The highest BCUT2D eigenvalue weighted by molar-refractivity contribution is 5.80. The summed E-state index contributed by atoms with van der Waals surface area (Å²) in [6.07, 6.45) is 62.2. The fraction of sp³-hybridized carbons (Fsp3) is 0.797. The van der Waals surface area contributed by atoms with Gasteiger partial charge in [-0.15, -0.1) is 0 Å². The zero-order valence-corrected chi connectivity index (χ0v) is 51.4. The first-order chi connectivity index (χ1) is 39.2. The maximum absolute atomic E-state index is 13.4. The Morgan fingerprint density at radius 3 is 1.35 bits per heavy atom. The van der Waals surface area contributed by atoms with Crippen molar-refractivity contribution in [3.63, 3.8) is 0 Å². The average molecular weight is 1130 g/mol. The zero-order valence-electron chi connectivity index (χ0n) is 51.4. The summed E-state index contributed by atoms with van der Waals surface area (Å²) in [5, 5.41) is 57.1. The molecule has 6 N–H and O–H groups in total. The number of hydrogen-bond acceptors (Lipinski definition) is 10. The van der Waals surface area contributed by atoms with Gasteiger partial charge in [-0.25, -0.2) is 0 Å². The first-order valence-electron chi connectivity index (χ1n) is 33.2. The molecule has 1 fully saturated rings. The van der Waals surface area contributed by atoms with E-state index in [-0.39, 0.29) is 13.0 Å². The molecule has 0 radical (unpaired) electrons. The van der Waals surface area contributed by atoms with Crippen molar-refractivity contribution in [2.45, 2.75) is 339 Å². The van der Waals surface area contributed by atoms with E-state index in [1.165, 1.54) is 141 Å². The molecule has 11 heteroatoms. The van der Waals surface area contributed by atoms with Gasteiger partial charge in [0.05, 0.1) is 25.4 Å². The van der Waals surface area contributed by atoms with E-state index in [9.17, 15) is 35.1 Å². The molecule has 0 aromatic rings. The molecule has 1 rings (SSSR count). The summed E-state index contributed by atoms with van der Waals surface area (Å²) >= 11 is 0. The average Bonchev–Trinajstić information content (AvgIpc) is 3.45. The molecule has 0 aromatic carbocycles. The van der Waals surface area contributed by atoms with E-state index in [0.717, 1.165) is 103 Å². The highest BCUT2D eigenvalue weighted by Gasteiger charge is 2.47. The molecule has 80 heavy (non-hydrogen) atoms. The van der Waals surface area contributed by atoms with Crippen LogP contribution in [0.3, 0.4) is 0 Å². The SMILES string of the molecule is CC/C=C\C/C=C\C/C=C\C/C=C\C/C=C\CCCCCCCCCCCC(=O)OC1C(OCC(NC(=O)C(O)CCCCCCCCCCCCCCC)C(O)/C=C/CCCCCCCCCCCCC)OC(CO)C(O)C1O. The van der Waals surface area contributed by atoms with Gasteiger partial charge >= 0.3 is 5.97 Å². The Morgan fingerprint density at radius 2 is 0.900 bits per heavy atom. The number of allylic oxidation sites excluding steroid dienone is 11. The summed E-state index contributed by atoms with van der Waals surface area (Å²) in [5.41, 5.74) is 0. The minimum Gasteiger partial charge on any atom is -0.454 e. The molecule has 0 spiro atoms. The van der Waals surface area contributed by atoms with Crippen LogP contribution in [-0.2, 0) is 23.8 Å². The lowest BCUT2D eigenvalue weighted by Crippen LogP contribution is -2.61. The maximum atomic E-state index is 13.4. The summed E-state index contributed by atoms with van der Waals surface area (Å²) < 4.78 is 17.7. The minimum atomic E-state index is -1.62. The van der Waals surface area contributed by atoms with Crippen molar-refractivity contribution >= 4 is 11.9 Å². The van der Waals surface area contributed by atoms with E-state index in [4.69, 9.17) is 14.2 Å². The fourth-order valence-corrected chi connectivity index (χ4v) is 10.1. The Hall–Kier alpha value is -2.90. The Kier molecular flexibility index (Phi) is 53.1. The number of aliphatic hydroxyl groups excluding tert-OH is 5. The second-order valence-corrected chi connectivity index (χ2v) is 22.8. The van der Waals surface area contributed by atoms with Crippen molar-refractivity contribution in [2.75, 3.05) is 13.2 Å². The molecule has 0 aliphatic carbocycles. The lowest BCUT2D eigenvalue weighted by molar-refractivity contribution is -0.305. The summed E-state index contributed by atoms with van der Waals surface area (Å²) in [4.78, 5) is 26.6. The number of aliphatic hydroxyl groups is 5. The number of carbonyl (C=O) groups is 2. The van der Waals surface area contributed by atoms with Crippen molar-refractivity contribution < 1.29 is 49.3 Å². The fourth-order valence-electron chi connectivity index (χ4n) is 10.1. The van der Waals surface area contributed by atoms with Crippen LogP contribution in [0, 0.1) is 0 Å². The Morgan fingerprint density at radius 1 is 0.500 bits per heavy atom. The molecule has 1 heterocycles. The number of ether oxygens (including phenoxy) is 3. The van der Waals surface area contributed by atoms with Crippen molar-refractivity contribution in [1.82, 2.24) is 5.32 Å². The van der Waals surface area contributed by atoms with E-state index < -0.39 is 67.4 Å². The molecule has 1 saturated heterocycles. The number of esters is 1. The molecule has 0 aromatic heterocycles. The largest absolute Gasteiger partial charge is 0.454 e. The van der Waals surface area contributed by atoms with Crippen LogP contribution in [0.15, 0.2) is 72.9 Å². The number of hydrogen-bond donors (Lipinski definition) is 6. The smallest absolute Gasteiger partial charge is 0.306 e. The summed E-state index contributed by atoms with van der Waals surface area (Å²) in [7, 11) is 0. The molecule has 11 nitrogen and oxygen atoms in total. The van der Waals surface area contributed by atoms with Gasteiger partial charge in [0.2, 0.25) is 5.91 Å². The number of amides is 1. The van der Waals surface area contributed by atoms with E-state index in [2.05, 4.69) is 86.8 Å². The minimum absolute atomic E-state index is 0.115. The standard InChI is InChI=1S/C69H123NO10/c1-4-7-10-13-16-19-22-25-26-27-28-29-30-31-32-33-34-35-36-39-42-45-48-51-54-57-64(74)80-67-66(76)65(75)63(58-71)79-69(67)78-59-60(61(72)55-52-49-46-43-40-37-23-20-17-14-11-8-5-2)70-68(77)62(73)56-53-50-47-44-41-38-24-21-18-15-12-9-6-3/h7,10,16,19,25-26,28-29,31-32,52,55,60-63,65-67,69,71-73,75-76H,4-6,8-9,11-15,17-18,20-24,27,30,33-51,53-54,56-59H2,1-3H3,(H,70,77)/b10-7-,19-16-,26-25-,29-28-,32-31-,55-52+. The van der Waals surface area contributed by atoms with E-state index in [1.54, 1.807) is 6.08 Å². The Labute approximate surface area is 490 Å². The van der Waals surface area contributed by atoms with Crippen LogP contribution in [0.1, 0.15) is 290 Å². The van der Waals surface area contributed by atoms with Crippen LogP contribution < -0.4 is 5.32 Å². The number of carbonyl (C=O) groups excluding carboxylic acids is 2. The van der Waals surface area contributed by atoms with Crippen LogP contribution in [0.5, 0.6) is 0 Å². The van der Waals surface area contributed by atoms with Gasteiger partial charge in [-0.05, 0) is 70.6 Å². The predicted molar refractivity (Wildman–Crippen MR) is 333 cm³/mol. The van der Waals surface area contributed by atoms with Gasteiger partial charge in [-0.1, -0.05) is 286 Å². The lowest BCUT2D eigenvalue weighted by atomic mass is 9.99. The molecule has 0 bridgehead atoms. The van der Waals surface area contributed by atoms with Crippen LogP contribution >= 0.6 is 0 Å². The molecule has 0 saturated carbocycles. The molecule has 464 valence electrons. The van der Waals surface area contributed by atoms with Gasteiger partial charge in [0.1, 0.15) is 24.4 Å². The van der Waals surface area contributed by atoms with E-state index in [0.29, 0.717) is 19.3 Å². The van der Waals surface area contributed by atoms with Crippen molar-refractivity contribution in [3.05, 3.63) is 72.9 Å². The van der Waals surface area contributed by atoms with Crippen molar-refractivity contribution in [1.29, 1.82) is 0 Å². The van der Waals surface area contributed by atoms with E-state index >= 15 is 0 Å². The molecule has 8 atom stereocenters. The maximum Gasteiger partial charge on any atom is 0.306 e. The molecule has 1 aliphatic heterocycles. The van der Waals surface area contributed by atoms with Crippen molar-refractivity contribution in [2.24, 2.45) is 0 Å². The number of unbranched alkanes of at least 4 members (excludes halogenated alkanes) is 32. The third-order valence-electron chi connectivity index (χ3n) is 15.4. The quantitative estimate of drug-likeness (QED) is 0.0195. The highest BCUT2D eigenvalue weighted by atomic mass is 16.7. The van der Waals surface area contributed by atoms with Crippen molar-refractivity contribution in [3.8, 4) is 0 Å². The van der Waals surface area contributed by atoms with Gasteiger partial charge in [0.25, 0.3) is 0 Å². The summed E-state index contributed by atoms with van der Waals surface area (Å²) in [6.45, 7) is 5.69. The topological polar surface area (TPSA) is 175 Å². The molecule has 1 amide bonds. The first kappa shape index (κ1) is 75.1. The lowest BCUT2D eigenvalue weighted by Gasteiger charge is -2.41. The van der Waals surface area contributed by atoms with Crippen LogP contribution in [0.4, 0.5) is 0 Å². The molecular formula is C69H123NO10. The monoisotopic (exact) mass is 1130 g/mol. The highest BCUT2D eigenvalue weighted by Crippen LogP contribution is 2.26. The Bertz CT molecular complexity index is 1580. The summed E-state index contributed by atoms with van der Waals surface area (Å²) in [5.74, 6) is -1.19. The third-order valence-corrected chi connectivity index (χ3v) is 15.4. The third kappa shape index (κ3) is 43.7. The second kappa shape index (κ2) is 56.6. The van der Waals surface area contributed by atoms with Crippen LogP contribution in [-0.4, -0.2) is 99.6 Å². The molecular weight excluding hydrogens is 1000 g/mol. The van der Waals surface area contributed by atoms with Gasteiger partial charge in [0.15, 0.2) is 12.4 Å². The summed E-state index contributed by atoms with van der Waals surface area (Å²) in [6, 6.07) is -1.02. The van der Waals surface area contributed by atoms with E-state index in [1.807, 2.05) is 6.08 Å². The van der Waals surface area contributed by atoms with Gasteiger partial charge in [-0.2, -0.15) is 0 Å². The van der Waals surface area contributed by atoms with Gasteiger partial charge in [-0.3, -0.25) is 9.59 Å².